The number of likely N-dealkylation sites (tertiary alicyclic amines) is 1. The van der Waals surface area contributed by atoms with Gasteiger partial charge in [0.05, 0.1) is 8.66 Å². The van der Waals surface area contributed by atoms with Gasteiger partial charge in [0.25, 0.3) is 5.91 Å². The van der Waals surface area contributed by atoms with Crippen molar-refractivity contribution in [2.24, 2.45) is 0 Å². The summed E-state index contributed by atoms with van der Waals surface area (Å²) in [4.78, 5) is 28.2. The minimum absolute atomic E-state index is 0.0123. The van der Waals surface area contributed by atoms with Crippen LogP contribution in [0, 0.1) is 0 Å². The molecule has 1 aliphatic heterocycles. The lowest BCUT2D eigenvalue weighted by Gasteiger charge is -2.31. The third kappa shape index (κ3) is 6.94. The molecule has 2 amide bonds. The van der Waals surface area contributed by atoms with Crippen molar-refractivity contribution in [2.45, 2.75) is 44.7 Å². The molecular formula is C22H28BrN3O2S. The van der Waals surface area contributed by atoms with E-state index < -0.39 is 6.04 Å². The molecule has 7 heteroatoms. The smallest absolute Gasteiger partial charge is 0.262 e. The van der Waals surface area contributed by atoms with E-state index in [1.165, 1.54) is 36.2 Å². The maximum absolute atomic E-state index is 12.8. The van der Waals surface area contributed by atoms with Gasteiger partial charge in [0.2, 0.25) is 5.91 Å². The van der Waals surface area contributed by atoms with Gasteiger partial charge in [-0.15, -0.1) is 11.3 Å². The predicted molar refractivity (Wildman–Crippen MR) is 121 cm³/mol. The summed E-state index contributed by atoms with van der Waals surface area (Å²) in [6.07, 6.45) is 4.50. The monoisotopic (exact) mass is 477 g/mol. The number of halogens is 1. The van der Waals surface area contributed by atoms with Gasteiger partial charge in [-0.05, 0) is 72.9 Å². The average Bonchev–Trinajstić information content (AvgIpc) is 3.16. The molecule has 1 aromatic carbocycles. The Morgan fingerprint density at radius 3 is 2.45 bits per heavy atom. The van der Waals surface area contributed by atoms with Crippen LogP contribution in [0.15, 0.2) is 46.3 Å². The lowest BCUT2D eigenvalue weighted by Crippen LogP contribution is -2.52. The van der Waals surface area contributed by atoms with E-state index in [9.17, 15) is 9.59 Å². The molecule has 3 rings (SSSR count). The van der Waals surface area contributed by atoms with E-state index in [4.69, 9.17) is 0 Å². The summed E-state index contributed by atoms with van der Waals surface area (Å²) in [7, 11) is 0. The van der Waals surface area contributed by atoms with E-state index in [1.807, 2.05) is 24.3 Å². The highest BCUT2D eigenvalue weighted by molar-refractivity contribution is 9.11. The molecule has 1 aromatic heterocycles. The number of piperidine rings is 1. The quantitative estimate of drug-likeness (QED) is 0.606. The summed E-state index contributed by atoms with van der Waals surface area (Å²) in [5, 5.41) is 5.98. The fourth-order valence-electron chi connectivity index (χ4n) is 3.61. The number of carbonyl (C=O) groups is 2. The van der Waals surface area contributed by atoms with Crippen LogP contribution in [-0.4, -0.2) is 48.4 Å². The summed E-state index contributed by atoms with van der Waals surface area (Å²) in [6.45, 7) is 4.73. The molecule has 0 bridgehead atoms. The van der Waals surface area contributed by atoms with Crippen LogP contribution in [0.1, 0.15) is 41.4 Å². The Balaban J connectivity index is 1.60. The Morgan fingerprint density at radius 2 is 1.79 bits per heavy atom. The van der Waals surface area contributed by atoms with Gasteiger partial charge in [-0.25, -0.2) is 0 Å². The molecule has 1 aliphatic rings. The lowest BCUT2D eigenvalue weighted by atomic mass is 10.0. The minimum Gasteiger partial charge on any atom is -0.350 e. The maximum atomic E-state index is 12.8. The van der Waals surface area contributed by atoms with Crippen LogP contribution in [-0.2, 0) is 11.2 Å². The molecule has 0 unspecified atom stereocenters. The van der Waals surface area contributed by atoms with E-state index in [-0.39, 0.29) is 17.9 Å². The summed E-state index contributed by atoms with van der Waals surface area (Å²) in [5.41, 5.74) is 1.20. The lowest BCUT2D eigenvalue weighted by molar-refractivity contribution is -0.123. The highest BCUT2D eigenvalue weighted by Crippen LogP contribution is 2.22. The molecule has 2 aromatic rings. The van der Waals surface area contributed by atoms with Crippen molar-refractivity contribution in [1.82, 2.24) is 15.5 Å². The van der Waals surface area contributed by atoms with E-state index >= 15 is 0 Å². The van der Waals surface area contributed by atoms with E-state index in [1.54, 1.807) is 13.0 Å². The molecule has 1 saturated heterocycles. The molecule has 0 radical (unpaired) electrons. The third-order valence-corrected chi connectivity index (χ3v) is 6.76. The Labute approximate surface area is 185 Å². The van der Waals surface area contributed by atoms with Gasteiger partial charge in [0.1, 0.15) is 6.04 Å². The number of carbonyl (C=O) groups excluding carboxylic acids is 2. The molecule has 1 fully saturated rings. The van der Waals surface area contributed by atoms with Gasteiger partial charge < -0.3 is 15.5 Å². The van der Waals surface area contributed by atoms with E-state index in [0.29, 0.717) is 4.88 Å². The van der Waals surface area contributed by atoms with Crippen LogP contribution in [0.5, 0.6) is 0 Å². The molecule has 0 spiro atoms. The van der Waals surface area contributed by atoms with Gasteiger partial charge in [-0.2, -0.15) is 0 Å². The van der Waals surface area contributed by atoms with Crippen LogP contribution in [0.4, 0.5) is 0 Å². The van der Waals surface area contributed by atoms with Gasteiger partial charge in [-0.3, -0.25) is 9.59 Å². The second-order valence-electron chi connectivity index (χ2n) is 7.56. The molecule has 2 heterocycles. The molecule has 29 heavy (non-hydrogen) atoms. The highest BCUT2D eigenvalue weighted by atomic mass is 79.9. The summed E-state index contributed by atoms with van der Waals surface area (Å²) in [5.74, 6) is -0.370. The number of hydrogen-bond donors (Lipinski definition) is 2. The van der Waals surface area contributed by atoms with Crippen LogP contribution < -0.4 is 10.6 Å². The third-order valence-electron chi connectivity index (χ3n) is 5.14. The zero-order chi connectivity index (χ0) is 20.6. The number of hydrogen-bond acceptors (Lipinski definition) is 4. The predicted octanol–water partition coefficient (Wildman–Crippen LogP) is 3.84. The van der Waals surface area contributed by atoms with Crippen LogP contribution in [0.3, 0.4) is 0 Å². The van der Waals surface area contributed by atoms with Gasteiger partial charge in [0.15, 0.2) is 0 Å². The zero-order valence-corrected chi connectivity index (χ0v) is 19.1. The van der Waals surface area contributed by atoms with E-state index in [2.05, 4.69) is 43.6 Å². The zero-order valence-electron chi connectivity index (χ0n) is 16.7. The number of nitrogens with one attached hydrogen (secondary N) is 2. The molecule has 156 valence electrons. The normalized spacial score (nSPS) is 16.8. The molecule has 2 N–H and O–H groups in total. The number of thiophene rings is 1. The fraction of sp³-hybridized carbons (Fsp3) is 0.455. The van der Waals surface area contributed by atoms with Crippen molar-refractivity contribution in [3.8, 4) is 0 Å². The molecule has 2 atom stereocenters. The summed E-state index contributed by atoms with van der Waals surface area (Å²) >= 11 is 4.72. The second kappa shape index (κ2) is 10.9. The fourth-order valence-corrected chi connectivity index (χ4v) is 4.90. The highest BCUT2D eigenvalue weighted by Gasteiger charge is 2.23. The maximum Gasteiger partial charge on any atom is 0.262 e. The first-order chi connectivity index (χ1) is 14.0. The van der Waals surface area contributed by atoms with Crippen molar-refractivity contribution in [1.29, 1.82) is 0 Å². The SMILES string of the molecule is C[C@H](NC(=O)c1ccc(Br)s1)C(=O)N[C@H](Cc1ccccc1)CN1CCCCC1. The summed E-state index contributed by atoms with van der Waals surface area (Å²) < 4.78 is 0.893. The van der Waals surface area contributed by atoms with Gasteiger partial charge >= 0.3 is 0 Å². The van der Waals surface area contributed by atoms with Gasteiger partial charge in [0, 0.05) is 12.6 Å². The Hall–Kier alpha value is -1.70. The van der Waals surface area contributed by atoms with Crippen molar-refractivity contribution in [2.75, 3.05) is 19.6 Å². The minimum atomic E-state index is -0.594. The summed E-state index contributed by atoms with van der Waals surface area (Å²) in [6, 6.07) is 13.2. The standard InChI is InChI=1S/C22H28BrN3O2S/c1-16(24-22(28)19-10-11-20(23)29-19)21(27)25-18(14-17-8-4-2-5-9-17)15-26-12-6-3-7-13-26/h2,4-5,8-11,16,18H,3,6-7,12-15H2,1H3,(H,24,28)(H,25,27)/t16-,18+/m0/s1. The molecule has 5 nitrogen and oxygen atoms in total. The topological polar surface area (TPSA) is 61.4 Å². The van der Waals surface area contributed by atoms with Crippen molar-refractivity contribution >= 4 is 39.1 Å². The molecule has 0 saturated carbocycles. The number of benzene rings is 1. The first kappa shape index (κ1) is 22.0. The van der Waals surface area contributed by atoms with Crippen molar-refractivity contribution in [3.63, 3.8) is 0 Å². The first-order valence-corrected chi connectivity index (χ1v) is 11.7. The van der Waals surface area contributed by atoms with Crippen LogP contribution in [0.2, 0.25) is 0 Å². The number of amides is 2. The van der Waals surface area contributed by atoms with Crippen LogP contribution in [0.25, 0.3) is 0 Å². The molecule has 0 aliphatic carbocycles. The van der Waals surface area contributed by atoms with Crippen molar-refractivity contribution in [3.05, 3.63) is 56.7 Å². The first-order valence-electron chi connectivity index (χ1n) is 10.1. The Kier molecular flexibility index (Phi) is 8.27. The largest absolute Gasteiger partial charge is 0.350 e. The molecular weight excluding hydrogens is 450 g/mol. The average molecular weight is 478 g/mol. The number of rotatable bonds is 8. The van der Waals surface area contributed by atoms with Crippen molar-refractivity contribution < 1.29 is 9.59 Å². The Morgan fingerprint density at radius 1 is 1.07 bits per heavy atom. The van der Waals surface area contributed by atoms with Gasteiger partial charge in [-0.1, -0.05) is 36.8 Å². The Bertz CT molecular complexity index is 805. The van der Waals surface area contributed by atoms with Crippen LogP contribution >= 0.6 is 27.3 Å². The van der Waals surface area contributed by atoms with E-state index in [0.717, 1.165) is 29.8 Å². The number of nitrogens with zero attached hydrogens (tertiary/aromatic N) is 1. The second-order valence-corrected chi connectivity index (χ2v) is 10.0.